The van der Waals surface area contributed by atoms with Gasteiger partial charge in [-0.25, -0.2) is 4.98 Å². The molecule has 1 aromatic heterocycles. The van der Waals surface area contributed by atoms with Gasteiger partial charge in [0.25, 0.3) is 5.56 Å². The average Bonchev–Trinajstić information content (AvgIpc) is 3.34. The number of aromatic amines is 1. The van der Waals surface area contributed by atoms with Crippen molar-refractivity contribution in [2.75, 3.05) is 38.1 Å². The maximum Gasteiger partial charge on any atom is 0.252 e. The third-order valence-electron chi connectivity index (χ3n) is 5.99. The van der Waals surface area contributed by atoms with Crippen molar-refractivity contribution in [1.29, 1.82) is 0 Å². The molecule has 2 aliphatic carbocycles. The van der Waals surface area contributed by atoms with E-state index in [0.29, 0.717) is 30.0 Å². The Hall–Kier alpha value is -1.89. The largest absolute Gasteiger partial charge is 0.350 e. The Morgan fingerprint density at radius 2 is 1.92 bits per heavy atom. The molecule has 3 fully saturated rings. The number of nitrogens with zero attached hydrogens (tertiary/aromatic N) is 3. The number of amides is 1. The zero-order chi connectivity index (χ0) is 17.4. The number of rotatable bonds is 4. The Kier molecular flexibility index (Phi) is 4.50. The van der Waals surface area contributed by atoms with Crippen molar-refractivity contribution in [3.05, 3.63) is 22.1 Å². The highest BCUT2D eigenvalue weighted by Crippen LogP contribution is 2.55. The molecule has 3 aliphatic rings. The smallest absolute Gasteiger partial charge is 0.252 e. The second kappa shape index (κ2) is 6.78. The molecule has 2 heterocycles. The fourth-order valence-corrected chi connectivity index (χ4v) is 4.43. The molecule has 0 spiro atoms. The lowest BCUT2D eigenvalue weighted by Crippen LogP contribution is -2.45. The van der Waals surface area contributed by atoms with Gasteiger partial charge in [-0.05, 0) is 31.7 Å². The van der Waals surface area contributed by atoms with Crippen molar-refractivity contribution in [3.63, 3.8) is 0 Å². The molecule has 7 heteroatoms. The zero-order valence-electron chi connectivity index (χ0n) is 14.8. The average molecular weight is 345 g/mol. The molecule has 1 aromatic rings. The van der Waals surface area contributed by atoms with Crippen molar-refractivity contribution < 1.29 is 4.79 Å². The van der Waals surface area contributed by atoms with Gasteiger partial charge in [0.15, 0.2) is 0 Å². The highest BCUT2D eigenvalue weighted by molar-refractivity contribution is 5.82. The van der Waals surface area contributed by atoms with Crippen LogP contribution in [-0.4, -0.2) is 54.0 Å². The van der Waals surface area contributed by atoms with E-state index in [9.17, 15) is 9.59 Å². The van der Waals surface area contributed by atoms with Crippen LogP contribution in [0.2, 0.25) is 0 Å². The maximum absolute atomic E-state index is 12.4. The van der Waals surface area contributed by atoms with Crippen LogP contribution in [0.3, 0.4) is 0 Å². The van der Waals surface area contributed by atoms with Gasteiger partial charge in [-0.15, -0.1) is 0 Å². The summed E-state index contributed by atoms with van der Waals surface area (Å²) in [5.41, 5.74) is 0.475. The molecule has 4 rings (SSSR count). The third-order valence-corrected chi connectivity index (χ3v) is 5.99. The number of fused-ring (bicyclic) bond motifs is 1. The lowest BCUT2D eigenvalue weighted by Gasteiger charge is -2.32. The summed E-state index contributed by atoms with van der Waals surface area (Å²) >= 11 is 0. The summed E-state index contributed by atoms with van der Waals surface area (Å²) < 4.78 is 0. The van der Waals surface area contributed by atoms with Gasteiger partial charge in [0, 0.05) is 38.2 Å². The standard InChI is InChI=1S/C18H27N5O2/c1-22-6-8-23(9-7-22)18-20-12(10-15(24)21-18)11-19-17(25)16-13-4-2-3-5-14(13)16/h10,13-14,16H,2-9,11H2,1H3,(H,19,25)(H,20,21,24)/t13-,14+,16?. The summed E-state index contributed by atoms with van der Waals surface area (Å²) in [5, 5.41) is 3.00. The minimum absolute atomic E-state index is 0.139. The van der Waals surface area contributed by atoms with Gasteiger partial charge in [-0.1, -0.05) is 12.8 Å². The Bertz CT molecular complexity index is 683. The van der Waals surface area contributed by atoms with Crippen molar-refractivity contribution >= 4 is 11.9 Å². The fraction of sp³-hybridized carbons (Fsp3) is 0.722. The van der Waals surface area contributed by atoms with Gasteiger partial charge in [-0.2, -0.15) is 0 Å². The lowest BCUT2D eigenvalue weighted by molar-refractivity contribution is -0.123. The van der Waals surface area contributed by atoms with E-state index < -0.39 is 0 Å². The SMILES string of the molecule is CN1CCN(c2nc(CNC(=O)C3[C@H]4CCCC[C@@H]34)cc(=O)[nH]2)CC1. The normalized spacial score (nSPS) is 29.2. The van der Waals surface area contributed by atoms with Crippen molar-refractivity contribution in [2.45, 2.75) is 32.2 Å². The highest BCUT2D eigenvalue weighted by Gasteiger charge is 2.54. The van der Waals surface area contributed by atoms with Crippen LogP contribution < -0.4 is 15.8 Å². The number of H-pyrrole nitrogens is 1. The van der Waals surface area contributed by atoms with Crippen molar-refractivity contribution in [3.8, 4) is 0 Å². The van der Waals surface area contributed by atoms with Crippen LogP contribution in [0.15, 0.2) is 10.9 Å². The second-order valence-electron chi connectivity index (χ2n) is 7.71. The summed E-state index contributed by atoms with van der Waals surface area (Å²) in [6.07, 6.45) is 4.91. The molecule has 7 nitrogen and oxygen atoms in total. The molecule has 1 amide bonds. The van der Waals surface area contributed by atoms with Crippen molar-refractivity contribution in [2.24, 2.45) is 17.8 Å². The number of aromatic nitrogens is 2. The van der Waals surface area contributed by atoms with E-state index >= 15 is 0 Å². The van der Waals surface area contributed by atoms with E-state index in [1.165, 1.54) is 31.7 Å². The van der Waals surface area contributed by atoms with Crippen molar-refractivity contribution in [1.82, 2.24) is 20.2 Å². The molecule has 136 valence electrons. The molecular formula is C18H27N5O2. The number of hydrogen-bond acceptors (Lipinski definition) is 5. The van der Waals surface area contributed by atoms with E-state index in [0.717, 1.165) is 26.2 Å². The molecular weight excluding hydrogens is 318 g/mol. The minimum atomic E-state index is -0.159. The molecule has 1 saturated heterocycles. The zero-order valence-corrected chi connectivity index (χ0v) is 14.8. The number of piperazine rings is 1. The number of anilines is 1. The van der Waals surface area contributed by atoms with Crippen LogP contribution in [0, 0.1) is 17.8 Å². The monoisotopic (exact) mass is 345 g/mol. The summed E-state index contributed by atoms with van der Waals surface area (Å²) in [6, 6.07) is 1.49. The van der Waals surface area contributed by atoms with E-state index in [1.807, 2.05) is 0 Å². The van der Waals surface area contributed by atoms with E-state index in [-0.39, 0.29) is 17.4 Å². The van der Waals surface area contributed by atoms with Crippen LogP contribution in [0.1, 0.15) is 31.4 Å². The summed E-state index contributed by atoms with van der Waals surface area (Å²) in [7, 11) is 2.09. The number of nitrogens with one attached hydrogen (secondary N) is 2. The van der Waals surface area contributed by atoms with Crippen LogP contribution in [0.25, 0.3) is 0 Å². The molecule has 2 N–H and O–H groups in total. The van der Waals surface area contributed by atoms with Gasteiger partial charge in [0.05, 0.1) is 12.2 Å². The van der Waals surface area contributed by atoms with Crippen LogP contribution in [-0.2, 0) is 11.3 Å². The van der Waals surface area contributed by atoms with Crippen LogP contribution in [0.5, 0.6) is 0 Å². The van der Waals surface area contributed by atoms with Crippen LogP contribution >= 0.6 is 0 Å². The first-order valence-electron chi connectivity index (χ1n) is 9.43. The van der Waals surface area contributed by atoms with E-state index in [2.05, 4.69) is 32.1 Å². The first kappa shape index (κ1) is 16.6. The maximum atomic E-state index is 12.4. The molecule has 1 aliphatic heterocycles. The van der Waals surface area contributed by atoms with Gasteiger partial charge < -0.3 is 15.1 Å². The predicted octanol–water partition coefficient (Wildman–Crippen LogP) is 0.574. The first-order valence-corrected chi connectivity index (χ1v) is 9.43. The summed E-state index contributed by atoms with van der Waals surface area (Å²) in [6.45, 7) is 3.94. The van der Waals surface area contributed by atoms with Gasteiger partial charge in [0.2, 0.25) is 11.9 Å². The minimum Gasteiger partial charge on any atom is -0.350 e. The third kappa shape index (κ3) is 3.56. The molecule has 1 unspecified atom stereocenters. The van der Waals surface area contributed by atoms with E-state index in [1.54, 1.807) is 0 Å². The predicted molar refractivity (Wildman–Crippen MR) is 95.4 cm³/mol. The molecule has 0 radical (unpaired) electrons. The molecule has 0 aromatic carbocycles. The molecule has 0 bridgehead atoms. The number of carbonyl (C=O) groups excluding carboxylic acids is 1. The molecule has 2 saturated carbocycles. The Balaban J connectivity index is 1.37. The quantitative estimate of drug-likeness (QED) is 0.834. The Labute approximate surface area is 147 Å². The highest BCUT2D eigenvalue weighted by atomic mass is 16.2. The van der Waals surface area contributed by atoms with E-state index in [4.69, 9.17) is 0 Å². The first-order chi connectivity index (χ1) is 12.1. The van der Waals surface area contributed by atoms with Crippen LogP contribution in [0.4, 0.5) is 5.95 Å². The molecule has 3 atom stereocenters. The number of hydrogen-bond donors (Lipinski definition) is 2. The van der Waals surface area contributed by atoms with Gasteiger partial charge in [0.1, 0.15) is 0 Å². The molecule has 25 heavy (non-hydrogen) atoms. The Morgan fingerprint density at radius 3 is 2.60 bits per heavy atom. The number of carbonyl (C=O) groups is 1. The fourth-order valence-electron chi connectivity index (χ4n) is 4.43. The lowest BCUT2D eigenvalue weighted by atomic mass is 10.0. The summed E-state index contributed by atoms with van der Waals surface area (Å²) in [5.74, 6) is 2.15. The topological polar surface area (TPSA) is 81.3 Å². The van der Waals surface area contributed by atoms with Gasteiger partial charge >= 0.3 is 0 Å². The van der Waals surface area contributed by atoms with Gasteiger partial charge in [-0.3, -0.25) is 14.6 Å². The number of likely N-dealkylation sites (N-methyl/N-ethyl adjacent to an activating group) is 1. The summed E-state index contributed by atoms with van der Waals surface area (Å²) in [4.78, 5) is 36.1. The second-order valence-corrected chi connectivity index (χ2v) is 7.71. The Morgan fingerprint density at radius 1 is 1.24 bits per heavy atom.